The van der Waals surface area contributed by atoms with E-state index in [0.717, 1.165) is 34.8 Å². The van der Waals surface area contributed by atoms with Crippen LogP contribution in [-0.4, -0.2) is 51.9 Å². The molecule has 180 valence electrons. The zero-order valence-corrected chi connectivity index (χ0v) is 21.0. The first-order valence-corrected chi connectivity index (χ1v) is 13.6. The molecule has 1 amide bonds. The second-order valence-electron chi connectivity index (χ2n) is 8.06. The van der Waals surface area contributed by atoms with E-state index in [1.807, 2.05) is 48.5 Å². The highest BCUT2D eigenvalue weighted by Crippen LogP contribution is 2.27. The number of nitrogens with one attached hydrogen (secondary N) is 1. The van der Waals surface area contributed by atoms with Crippen molar-refractivity contribution in [1.29, 1.82) is 0 Å². The summed E-state index contributed by atoms with van der Waals surface area (Å²) in [6.07, 6.45) is 0.956. The minimum absolute atomic E-state index is 0.0780. The average Bonchev–Trinajstić information content (AvgIpc) is 3.39. The number of anilines is 1. The fraction of sp³-hybridized carbons (Fsp3) is 0.320. The molecule has 1 aromatic heterocycles. The summed E-state index contributed by atoms with van der Waals surface area (Å²) in [6, 6.07) is 17.3. The molecule has 4 rings (SSSR count). The highest BCUT2D eigenvalue weighted by Gasteiger charge is 2.32. The number of sulfonamides is 1. The molecule has 0 aliphatic carbocycles. The van der Waals surface area contributed by atoms with Crippen molar-refractivity contribution in [2.45, 2.75) is 24.8 Å². The van der Waals surface area contributed by atoms with Gasteiger partial charge in [0, 0.05) is 38.4 Å². The van der Waals surface area contributed by atoms with Crippen LogP contribution < -0.4 is 15.0 Å². The molecule has 0 bridgehead atoms. The largest absolute Gasteiger partial charge is 0.497 e. The molecular weight excluding hydrogens is 470 g/mol. The van der Waals surface area contributed by atoms with Crippen molar-refractivity contribution in [2.24, 2.45) is 0 Å². The Morgan fingerprint density at radius 3 is 2.24 bits per heavy atom. The lowest BCUT2D eigenvalue weighted by Crippen LogP contribution is -2.48. The maximum absolute atomic E-state index is 13.4. The van der Waals surface area contributed by atoms with Crippen molar-refractivity contribution in [2.75, 3.05) is 38.2 Å². The maximum Gasteiger partial charge on any atom is 0.263 e. The van der Waals surface area contributed by atoms with E-state index in [1.165, 1.54) is 15.9 Å². The van der Waals surface area contributed by atoms with Crippen molar-refractivity contribution in [3.63, 3.8) is 0 Å². The molecule has 7 nitrogen and oxygen atoms in total. The molecular formula is C25H29N3O4S2. The Bertz CT molecular complexity index is 1210. The lowest BCUT2D eigenvalue weighted by molar-refractivity contribution is 0.0952. The van der Waals surface area contributed by atoms with Gasteiger partial charge in [-0.05, 0) is 53.3 Å². The minimum Gasteiger partial charge on any atom is -0.497 e. The first kappa shape index (κ1) is 24.3. The molecule has 0 spiro atoms. The van der Waals surface area contributed by atoms with Crippen molar-refractivity contribution in [3.05, 3.63) is 76.0 Å². The first-order valence-electron chi connectivity index (χ1n) is 11.2. The number of rotatable bonds is 8. The third kappa shape index (κ3) is 5.27. The Morgan fingerprint density at radius 2 is 1.62 bits per heavy atom. The Morgan fingerprint density at radius 1 is 0.971 bits per heavy atom. The van der Waals surface area contributed by atoms with E-state index in [-0.39, 0.29) is 15.7 Å². The lowest BCUT2D eigenvalue weighted by atomic mass is 10.1. The average molecular weight is 500 g/mol. The minimum atomic E-state index is -3.77. The van der Waals surface area contributed by atoms with E-state index in [4.69, 9.17) is 4.74 Å². The summed E-state index contributed by atoms with van der Waals surface area (Å²) in [5.41, 5.74) is 3.23. The predicted molar refractivity (Wildman–Crippen MR) is 135 cm³/mol. The van der Waals surface area contributed by atoms with Crippen LogP contribution in [-0.2, 0) is 23.0 Å². The molecule has 1 saturated heterocycles. The SMILES string of the molecule is CCc1ccc(CNC(=O)c2sccc2S(=O)(=O)N2CCN(c3ccc(OC)cc3)CC2)cc1. The molecule has 2 aromatic carbocycles. The number of aryl methyl sites for hydroxylation is 1. The van der Waals surface area contributed by atoms with Crippen LogP contribution in [0.1, 0.15) is 27.7 Å². The van der Waals surface area contributed by atoms with Gasteiger partial charge in [0.25, 0.3) is 5.91 Å². The smallest absolute Gasteiger partial charge is 0.263 e. The zero-order chi connectivity index (χ0) is 24.1. The van der Waals surface area contributed by atoms with Crippen LogP contribution in [0.25, 0.3) is 0 Å². The highest BCUT2D eigenvalue weighted by atomic mass is 32.2. The van der Waals surface area contributed by atoms with Crippen LogP contribution in [0.4, 0.5) is 5.69 Å². The van der Waals surface area contributed by atoms with Crippen molar-refractivity contribution >= 4 is 33.0 Å². The predicted octanol–water partition coefficient (Wildman–Crippen LogP) is 3.76. The van der Waals surface area contributed by atoms with Gasteiger partial charge in [0.15, 0.2) is 0 Å². The molecule has 34 heavy (non-hydrogen) atoms. The number of carbonyl (C=O) groups excluding carboxylic acids is 1. The molecule has 1 N–H and O–H groups in total. The van der Waals surface area contributed by atoms with Crippen LogP contribution in [0.2, 0.25) is 0 Å². The summed E-state index contributed by atoms with van der Waals surface area (Å²) >= 11 is 1.15. The van der Waals surface area contributed by atoms with Gasteiger partial charge >= 0.3 is 0 Å². The molecule has 2 heterocycles. The van der Waals surface area contributed by atoms with Crippen molar-refractivity contribution in [1.82, 2.24) is 9.62 Å². The summed E-state index contributed by atoms with van der Waals surface area (Å²) < 4.78 is 33.4. The van der Waals surface area contributed by atoms with Gasteiger partial charge in [-0.1, -0.05) is 31.2 Å². The second-order valence-corrected chi connectivity index (χ2v) is 10.9. The Labute approximate surface area is 205 Å². The van der Waals surface area contributed by atoms with Crippen LogP contribution in [0, 0.1) is 0 Å². The summed E-state index contributed by atoms with van der Waals surface area (Å²) in [5.74, 6) is 0.413. The fourth-order valence-corrected chi connectivity index (χ4v) is 6.68. The monoisotopic (exact) mass is 499 g/mol. The van der Waals surface area contributed by atoms with E-state index in [2.05, 4.69) is 17.1 Å². The second kappa shape index (κ2) is 10.6. The number of hydrogen-bond donors (Lipinski definition) is 1. The van der Waals surface area contributed by atoms with E-state index in [9.17, 15) is 13.2 Å². The number of carbonyl (C=O) groups is 1. The molecule has 1 fully saturated rings. The van der Waals surface area contributed by atoms with E-state index >= 15 is 0 Å². The summed E-state index contributed by atoms with van der Waals surface area (Å²) in [7, 11) is -2.14. The van der Waals surface area contributed by atoms with Gasteiger partial charge in [0.2, 0.25) is 10.0 Å². The van der Waals surface area contributed by atoms with E-state index < -0.39 is 10.0 Å². The zero-order valence-electron chi connectivity index (χ0n) is 19.4. The number of hydrogen-bond acceptors (Lipinski definition) is 6. The van der Waals surface area contributed by atoms with Crippen LogP contribution >= 0.6 is 11.3 Å². The number of benzene rings is 2. The third-order valence-electron chi connectivity index (χ3n) is 6.01. The number of thiophene rings is 1. The molecule has 9 heteroatoms. The number of ether oxygens (including phenoxy) is 1. The Balaban J connectivity index is 1.40. The normalized spacial score (nSPS) is 14.7. The fourth-order valence-electron chi connectivity index (χ4n) is 3.94. The topological polar surface area (TPSA) is 79.0 Å². The third-order valence-corrected chi connectivity index (χ3v) is 9.00. The Hall–Kier alpha value is -2.88. The van der Waals surface area contributed by atoms with Gasteiger partial charge in [-0.15, -0.1) is 11.3 Å². The van der Waals surface area contributed by atoms with Crippen LogP contribution in [0.15, 0.2) is 64.9 Å². The number of piperazine rings is 1. The molecule has 1 aliphatic heterocycles. The van der Waals surface area contributed by atoms with Gasteiger partial charge in [-0.25, -0.2) is 8.42 Å². The summed E-state index contributed by atoms with van der Waals surface area (Å²) in [6.45, 7) is 4.30. The van der Waals surface area contributed by atoms with E-state index in [0.29, 0.717) is 32.7 Å². The van der Waals surface area contributed by atoms with Crippen molar-refractivity contribution in [3.8, 4) is 5.75 Å². The summed E-state index contributed by atoms with van der Waals surface area (Å²) in [4.78, 5) is 15.3. The van der Waals surface area contributed by atoms with Crippen molar-refractivity contribution < 1.29 is 17.9 Å². The number of nitrogens with zero attached hydrogens (tertiary/aromatic N) is 2. The van der Waals surface area contributed by atoms with Gasteiger partial charge < -0.3 is 15.0 Å². The maximum atomic E-state index is 13.4. The van der Waals surface area contributed by atoms with Crippen LogP contribution in [0.3, 0.4) is 0 Å². The van der Waals surface area contributed by atoms with Gasteiger partial charge in [0.05, 0.1) is 7.11 Å². The number of methoxy groups -OCH3 is 1. The summed E-state index contributed by atoms with van der Waals surface area (Å²) in [5, 5.41) is 4.52. The van der Waals surface area contributed by atoms with Gasteiger partial charge in [-0.2, -0.15) is 4.31 Å². The quantitative estimate of drug-likeness (QED) is 0.511. The molecule has 3 aromatic rings. The molecule has 1 aliphatic rings. The van der Waals surface area contributed by atoms with Crippen LogP contribution in [0.5, 0.6) is 5.75 Å². The number of amides is 1. The Kier molecular flexibility index (Phi) is 7.55. The van der Waals surface area contributed by atoms with Gasteiger partial charge in [-0.3, -0.25) is 4.79 Å². The van der Waals surface area contributed by atoms with E-state index in [1.54, 1.807) is 12.5 Å². The molecule has 0 atom stereocenters. The lowest BCUT2D eigenvalue weighted by Gasteiger charge is -2.35. The standard InChI is InChI=1S/C25H29N3O4S2/c1-3-19-4-6-20(7-5-19)18-26-25(29)24-23(12-17-33-24)34(30,31)28-15-13-27(14-16-28)21-8-10-22(32-2)11-9-21/h4-12,17H,3,13-16,18H2,1-2H3,(H,26,29). The highest BCUT2D eigenvalue weighted by molar-refractivity contribution is 7.89. The first-order chi connectivity index (χ1) is 16.4. The molecule has 0 unspecified atom stereocenters. The van der Waals surface area contributed by atoms with Gasteiger partial charge in [0.1, 0.15) is 15.5 Å². The molecule has 0 saturated carbocycles. The molecule has 0 radical (unpaired) electrons.